The first-order valence-corrected chi connectivity index (χ1v) is 9.87. The van der Waals surface area contributed by atoms with E-state index in [4.69, 9.17) is 4.98 Å². The van der Waals surface area contributed by atoms with E-state index in [1.165, 1.54) is 0 Å². The molecule has 2 aromatic heterocycles. The number of nitrogens with zero attached hydrogens (tertiary/aromatic N) is 3. The molecule has 0 fully saturated rings. The Balaban J connectivity index is 1.69. The minimum Gasteiger partial charge on any atom is -0.506 e. The summed E-state index contributed by atoms with van der Waals surface area (Å²) in [5, 5.41) is 10.2. The molecule has 0 radical (unpaired) electrons. The van der Waals surface area contributed by atoms with Crippen molar-refractivity contribution in [1.82, 2.24) is 9.38 Å². The Morgan fingerprint density at radius 1 is 1.07 bits per heavy atom. The fourth-order valence-electron chi connectivity index (χ4n) is 2.86. The van der Waals surface area contributed by atoms with Crippen LogP contribution in [-0.4, -0.2) is 20.7 Å². The Labute approximate surface area is 173 Å². The highest BCUT2D eigenvalue weighted by Gasteiger charge is 2.07. The summed E-state index contributed by atoms with van der Waals surface area (Å²) in [4.78, 5) is 9.22. The zero-order valence-electron chi connectivity index (χ0n) is 14.4. The lowest BCUT2D eigenvalue weighted by Crippen LogP contribution is -1.86. The molecule has 0 aliphatic rings. The molecule has 0 spiro atoms. The van der Waals surface area contributed by atoms with E-state index in [2.05, 4.69) is 54.2 Å². The van der Waals surface area contributed by atoms with Gasteiger partial charge in [-0.3, -0.25) is 4.99 Å². The van der Waals surface area contributed by atoms with Crippen molar-refractivity contribution >= 4 is 49.4 Å². The molecule has 6 heteroatoms. The number of aromatic nitrogens is 2. The molecule has 4 rings (SSSR count). The van der Waals surface area contributed by atoms with Crippen molar-refractivity contribution in [2.24, 2.45) is 4.99 Å². The number of aromatic hydroxyl groups is 1. The average Bonchev–Trinajstić information content (AvgIpc) is 3.09. The van der Waals surface area contributed by atoms with Gasteiger partial charge in [0.15, 0.2) is 0 Å². The van der Waals surface area contributed by atoms with Crippen LogP contribution in [-0.2, 0) is 0 Å². The summed E-state index contributed by atoms with van der Waals surface area (Å²) in [6.07, 6.45) is 3.68. The van der Waals surface area contributed by atoms with Gasteiger partial charge in [-0.25, -0.2) is 4.98 Å². The largest absolute Gasteiger partial charge is 0.506 e. The number of phenols is 1. The van der Waals surface area contributed by atoms with Crippen LogP contribution in [0.3, 0.4) is 0 Å². The number of pyridine rings is 1. The standard InChI is InChI=1S/C21H15Br2N3O/c1-13-4-2-7-20-25-19(12-26(13)20)14-5-3-6-17(9-14)24-11-15-8-16(22)10-18(23)21(15)27/h2-12,27H,1H3. The van der Waals surface area contributed by atoms with Gasteiger partial charge in [0.1, 0.15) is 11.4 Å². The minimum absolute atomic E-state index is 0.161. The molecule has 0 atom stereocenters. The lowest BCUT2D eigenvalue weighted by molar-refractivity contribution is 0.471. The summed E-state index contributed by atoms with van der Waals surface area (Å²) in [7, 11) is 0. The fraction of sp³-hybridized carbons (Fsp3) is 0.0476. The molecule has 0 unspecified atom stereocenters. The van der Waals surface area contributed by atoms with Gasteiger partial charge in [-0.2, -0.15) is 0 Å². The normalized spacial score (nSPS) is 11.5. The molecule has 0 saturated heterocycles. The molecule has 4 nitrogen and oxygen atoms in total. The van der Waals surface area contributed by atoms with Crippen LogP contribution in [0.15, 0.2) is 74.7 Å². The number of halogens is 2. The Hall–Kier alpha value is -2.44. The number of hydrogen-bond donors (Lipinski definition) is 1. The molecule has 4 aromatic rings. The first-order valence-electron chi connectivity index (χ1n) is 8.28. The lowest BCUT2D eigenvalue weighted by atomic mass is 10.1. The highest BCUT2D eigenvalue weighted by Crippen LogP contribution is 2.31. The molecule has 1 N–H and O–H groups in total. The summed E-state index contributed by atoms with van der Waals surface area (Å²) in [6.45, 7) is 2.06. The number of phenolic OH excluding ortho intramolecular Hbond substituents is 1. The number of imidazole rings is 1. The van der Waals surface area contributed by atoms with Crippen molar-refractivity contribution in [1.29, 1.82) is 0 Å². The zero-order chi connectivity index (χ0) is 19.0. The van der Waals surface area contributed by atoms with Crippen molar-refractivity contribution in [3.05, 3.63) is 81.0 Å². The quantitative estimate of drug-likeness (QED) is 0.347. The van der Waals surface area contributed by atoms with Crippen LogP contribution in [0.25, 0.3) is 16.9 Å². The molecule has 134 valence electrons. The van der Waals surface area contributed by atoms with Crippen LogP contribution in [0.5, 0.6) is 5.75 Å². The third kappa shape index (κ3) is 3.68. The number of benzene rings is 2. The first-order chi connectivity index (χ1) is 13.0. The van der Waals surface area contributed by atoms with E-state index < -0.39 is 0 Å². The first kappa shape index (κ1) is 17.9. The van der Waals surface area contributed by atoms with Crippen molar-refractivity contribution in [2.45, 2.75) is 6.92 Å². The van der Waals surface area contributed by atoms with Gasteiger partial charge in [0.25, 0.3) is 0 Å². The van der Waals surface area contributed by atoms with Gasteiger partial charge in [-0.15, -0.1) is 0 Å². The van der Waals surface area contributed by atoms with Crippen LogP contribution < -0.4 is 0 Å². The van der Waals surface area contributed by atoms with Gasteiger partial charge in [0.2, 0.25) is 0 Å². The van der Waals surface area contributed by atoms with E-state index in [0.29, 0.717) is 10.0 Å². The molecule has 27 heavy (non-hydrogen) atoms. The van der Waals surface area contributed by atoms with Crippen LogP contribution in [0, 0.1) is 6.92 Å². The van der Waals surface area contributed by atoms with Crippen LogP contribution in [0.4, 0.5) is 5.69 Å². The third-order valence-electron chi connectivity index (χ3n) is 4.25. The smallest absolute Gasteiger partial charge is 0.138 e. The maximum absolute atomic E-state index is 10.2. The molecule has 0 aliphatic carbocycles. The van der Waals surface area contributed by atoms with E-state index in [-0.39, 0.29) is 5.75 Å². The van der Waals surface area contributed by atoms with Crippen molar-refractivity contribution < 1.29 is 5.11 Å². The fourth-order valence-corrected chi connectivity index (χ4v) is 4.12. The number of hydrogen-bond acceptors (Lipinski definition) is 3. The van der Waals surface area contributed by atoms with E-state index in [0.717, 1.165) is 32.8 Å². The van der Waals surface area contributed by atoms with Gasteiger partial charge in [-0.05, 0) is 59.3 Å². The SMILES string of the molecule is Cc1cccc2nc(-c3cccc(N=Cc4cc(Br)cc(Br)c4O)c3)cn12. The second kappa shape index (κ2) is 7.29. The number of fused-ring (bicyclic) bond motifs is 1. The van der Waals surface area contributed by atoms with Gasteiger partial charge in [0, 0.05) is 33.7 Å². The maximum atomic E-state index is 10.2. The highest BCUT2D eigenvalue weighted by molar-refractivity contribution is 9.11. The second-order valence-corrected chi connectivity index (χ2v) is 7.93. The van der Waals surface area contributed by atoms with Crippen molar-refractivity contribution in [3.8, 4) is 17.0 Å². The van der Waals surface area contributed by atoms with Crippen molar-refractivity contribution in [3.63, 3.8) is 0 Å². The summed E-state index contributed by atoms with van der Waals surface area (Å²) >= 11 is 6.76. The molecule has 2 aromatic carbocycles. The summed E-state index contributed by atoms with van der Waals surface area (Å²) < 4.78 is 3.55. The highest BCUT2D eigenvalue weighted by atomic mass is 79.9. The topological polar surface area (TPSA) is 49.9 Å². The number of aryl methyl sites for hydroxylation is 1. The molecule has 2 heterocycles. The van der Waals surface area contributed by atoms with Crippen LogP contribution in [0.2, 0.25) is 0 Å². The third-order valence-corrected chi connectivity index (χ3v) is 5.31. The average molecular weight is 485 g/mol. The van der Waals surface area contributed by atoms with Gasteiger partial charge in [0.05, 0.1) is 15.9 Å². The summed E-state index contributed by atoms with van der Waals surface area (Å²) in [5.41, 5.74) is 5.36. The molecule has 0 saturated carbocycles. The summed E-state index contributed by atoms with van der Waals surface area (Å²) in [6, 6.07) is 17.5. The second-order valence-electron chi connectivity index (χ2n) is 6.16. The van der Waals surface area contributed by atoms with Crippen LogP contribution >= 0.6 is 31.9 Å². The maximum Gasteiger partial charge on any atom is 0.138 e. The lowest BCUT2D eigenvalue weighted by Gasteiger charge is -2.03. The molecular formula is C21H15Br2N3O. The van der Waals surface area contributed by atoms with E-state index in [1.54, 1.807) is 12.3 Å². The van der Waals surface area contributed by atoms with Gasteiger partial charge < -0.3 is 9.51 Å². The van der Waals surface area contributed by atoms with Crippen LogP contribution in [0.1, 0.15) is 11.3 Å². The molecule has 0 aliphatic heterocycles. The van der Waals surface area contributed by atoms with Gasteiger partial charge >= 0.3 is 0 Å². The van der Waals surface area contributed by atoms with Crippen molar-refractivity contribution in [2.75, 3.05) is 0 Å². The zero-order valence-corrected chi connectivity index (χ0v) is 17.6. The molecule has 0 amide bonds. The van der Waals surface area contributed by atoms with E-state index in [9.17, 15) is 5.11 Å². The molecular weight excluding hydrogens is 470 g/mol. The Morgan fingerprint density at radius 2 is 1.89 bits per heavy atom. The Morgan fingerprint density at radius 3 is 2.70 bits per heavy atom. The van der Waals surface area contributed by atoms with E-state index >= 15 is 0 Å². The monoisotopic (exact) mass is 483 g/mol. The Kier molecular flexibility index (Phi) is 4.85. The molecule has 0 bridgehead atoms. The summed E-state index contributed by atoms with van der Waals surface area (Å²) in [5.74, 6) is 0.161. The number of rotatable bonds is 3. The predicted octanol–water partition coefficient (Wildman–Crippen LogP) is 6.29. The Bertz CT molecular complexity index is 1180. The predicted molar refractivity (Wildman–Crippen MR) is 116 cm³/mol. The number of aliphatic imine (C=N–C) groups is 1. The van der Waals surface area contributed by atoms with E-state index in [1.807, 2.05) is 48.7 Å². The minimum atomic E-state index is 0.161. The van der Waals surface area contributed by atoms with Gasteiger partial charge in [-0.1, -0.05) is 34.1 Å².